The quantitative estimate of drug-likeness (QED) is 0.733. The summed E-state index contributed by atoms with van der Waals surface area (Å²) in [4.78, 5) is 16.2. The molecule has 0 unspecified atom stereocenters. The van der Waals surface area contributed by atoms with E-state index in [2.05, 4.69) is 25.8 Å². The SMILES string of the molecule is CCn1nnnc1-c1cccc(C(=O)NCCn2ccnc2)c1. The van der Waals surface area contributed by atoms with Gasteiger partial charge in [0, 0.05) is 43.2 Å². The zero-order valence-corrected chi connectivity index (χ0v) is 12.8. The van der Waals surface area contributed by atoms with Crippen LogP contribution in [-0.4, -0.2) is 42.2 Å². The van der Waals surface area contributed by atoms with Crippen molar-refractivity contribution in [2.45, 2.75) is 20.0 Å². The van der Waals surface area contributed by atoms with Gasteiger partial charge >= 0.3 is 0 Å². The number of hydrogen-bond donors (Lipinski definition) is 1. The van der Waals surface area contributed by atoms with Gasteiger partial charge in [0.15, 0.2) is 5.82 Å². The van der Waals surface area contributed by atoms with Crippen LogP contribution in [-0.2, 0) is 13.1 Å². The second kappa shape index (κ2) is 6.82. The van der Waals surface area contributed by atoms with Crippen LogP contribution in [0.25, 0.3) is 11.4 Å². The van der Waals surface area contributed by atoms with Gasteiger partial charge in [-0.1, -0.05) is 12.1 Å². The molecule has 23 heavy (non-hydrogen) atoms. The molecule has 2 aromatic heterocycles. The topological polar surface area (TPSA) is 90.5 Å². The van der Waals surface area contributed by atoms with Crippen LogP contribution in [0.1, 0.15) is 17.3 Å². The molecule has 1 N–H and O–H groups in total. The van der Waals surface area contributed by atoms with Crippen LogP contribution >= 0.6 is 0 Å². The number of carbonyl (C=O) groups excluding carboxylic acids is 1. The summed E-state index contributed by atoms with van der Waals surface area (Å²) in [5.74, 6) is 0.531. The van der Waals surface area contributed by atoms with E-state index in [0.29, 0.717) is 31.0 Å². The maximum Gasteiger partial charge on any atom is 0.251 e. The minimum atomic E-state index is -0.123. The summed E-state index contributed by atoms with van der Waals surface area (Å²) < 4.78 is 3.60. The molecule has 0 saturated heterocycles. The van der Waals surface area contributed by atoms with Gasteiger partial charge in [0.25, 0.3) is 5.91 Å². The summed E-state index contributed by atoms with van der Waals surface area (Å²) in [6, 6.07) is 7.29. The van der Waals surface area contributed by atoms with Gasteiger partial charge in [-0.15, -0.1) is 5.10 Å². The standard InChI is InChI=1S/C15H17N7O/c1-2-22-14(18-19-20-22)12-4-3-5-13(10-12)15(23)17-7-9-21-8-6-16-11-21/h3-6,8,10-11H,2,7,9H2,1H3,(H,17,23). The first-order valence-corrected chi connectivity index (χ1v) is 7.38. The molecule has 1 amide bonds. The molecule has 0 spiro atoms. The summed E-state index contributed by atoms with van der Waals surface area (Å²) in [6.07, 6.45) is 5.29. The smallest absolute Gasteiger partial charge is 0.251 e. The average Bonchev–Trinajstić information content (AvgIpc) is 3.26. The molecule has 0 fully saturated rings. The second-order valence-electron chi connectivity index (χ2n) is 4.96. The van der Waals surface area contributed by atoms with Crippen molar-refractivity contribution in [1.82, 2.24) is 35.1 Å². The monoisotopic (exact) mass is 311 g/mol. The number of aromatic nitrogens is 6. The lowest BCUT2D eigenvalue weighted by molar-refractivity contribution is 0.0952. The first-order valence-electron chi connectivity index (χ1n) is 7.38. The van der Waals surface area contributed by atoms with Crippen LogP contribution in [0, 0.1) is 0 Å². The predicted molar refractivity (Wildman–Crippen MR) is 83.5 cm³/mol. The number of rotatable bonds is 6. The van der Waals surface area contributed by atoms with Gasteiger partial charge < -0.3 is 9.88 Å². The fourth-order valence-electron chi connectivity index (χ4n) is 2.24. The Labute approximate surface area is 133 Å². The number of benzene rings is 1. The first kappa shape index (κ1) is 14.9. The Morgan fingerprint density at radius 3 is 3.04 bits per heavy atom. The number of amides is 1. The van der Waals surface area contributed by atoms with Crippen LogP contribution in [0.5, 0.6) is 0 Å². The van der Waals surface area contributed by atoms with E-state index < -0.39 is 0 Å². The van der Waals surface area contributed by atoms with E-state index in [0.717, 1.165) is 5.56 Å². The molecule has 0 aliphatic carbocycles. The number of tetrazole rings is 1. The van der Waals surface area contributed by atoms with Crippen molar-refractivity contribution in [2.75, 3.05) is 6.54 Å². The molecule has 3 aromatic rings. The first-order chi connectivity index (χ1) is 11.3. The molecule has 0 aliphatic heterocycles. The molecule has 3 rings (SSSR count). The van der Waals surface area contributed by atoms with Gasteiger partial charge in [-0.05, 0) is 29.5 Å². The van der Waals surface area contributed by atoms with Crippen LogP contribution < -0.4 is 5.32 Å². The third-order valence-corrected chi connectivity index (χ3v) is 3.43. The molecule has 2 heterocycles. The Kier molecular flexibility index (Phi) is 4.41. The highest BCUT2D eigenvalue weighted by Gasteiger charge is 2.11. The maximum atomic E-state index is 12.3. The fraction of sp³-hybridized carbons (Fsp3) is 0.267. The number of nitrogens with one attached hydrogen (secondary N) is 1. The van der Waals surface area contributed by atoms with Crippen molar-refractivity contribution < 1.29 is 4.79 Å². The number of carbonyl (C=O) groups is 1. The lowest BCUT2D eigenvalue weighted by atomic mass is 10.1. The van der Waals surface area contributed by atoms with Gasteiger partial charge in [-0.25, -0.2) is 9.67 Å². The predicted octanol–water partition coefficient (Wildman–Crippen LogP) is 0.986. The highest BCUT2D eigenvalue weighted by atomic mass is 16.1. The zero-order valence-electron chi connectivity index (χ0n) is 12.8. The Bertz CT molecular complexity index is 779. The van der Waals surface area contributed by atoms with E-state index in [1.807, 2.05) is 29.8 Å². The normalized spacial score (nSPS) is 10.7. The number of aryl methyl sites for hydroxylation is 1. The van der Waals surface area contributed by atoms with E-state index in [9.17, 15) is 4.79 Å². The van der Waals surface area contributed by atoms with Gasteiger partial charge in [-0.3, -0.25) is 4.79 Å². The van der Waals surface area contributed by atoms with E-state index >= 15 is 0 Å². The Morgan fingerprint density at radius 1 is 1.35 bits per heavy atom. The van der Waals surface area contributed by atoms with Crippen LogP contribution in [0.15, 0.2) is 43.0 Å². The van der Waals surface area contributed by atoms with Crippen LogP contribution in [0.4, 0.5) is 0 Å². The van der Waals surface area contributed by atoms with Crippen LogP contribution in [0.3, 0.4) is 0 Å². The number of imidazole rings is 1. The van der Waals surface area contributed by atoms with E-state index in [-0.39, 0.29) is 5.91 Å². The summed E-state index contributed by atoms with van der Waals surface area (Å²) in [7, 11) is 0. The molecule has 0 aliphatic rings. The Balaban J connectivity index is 1.68. The zero-order chi connectivity index (χ0) is 16.1. The molecule has 0 bridgehead atoms. The number of nitrogens with zero attached hydrogens (tertiary/aromatic N) is 6. The fourth-order valence-corrected chi connectivity index (χ4v) is 2.24. The van der Waals surface area contributed by atoms with Gasteiger partial charge in [0.05, 0.1) is 6.33 Å². The highest BCUT2D eigenvalue weighted by Crippen LogP contribution is 2.17. The molecular formula is C15H17N7O. The number of hydrogen-bond acceptors (Lipinski definition) is 5. The van der Waals surface area contributed by atoms with Crippen molar-refractivity contribution in [2.24, 2.45) is 0 Å². The molecule has 8 nitrogen and oxygen atoms in total. The van der Waals surface area contributed by atoms with E-state index in [4.69, 9.17) is 0 Å². The molecular weight excluding hydrogens is 294 g/mol. The Hall–Kier alpha value is -3.03. The third-order valence-electron chi connectivity index (χ3n) is 3.43. The average molecular weight is 311 g/mol. The largest absolute Gasteiger partial charge is 0.350 e. The van der Waals surface area contributed by atoms with Crippen molar-refractivity contribution in [3.63, 3.8) is 0 Å². The second-order valence-corrected chi connectivity index (χ2v) is 4.96. The van der Waals surface area contributed by atoms with Crippen molar-refractivity contribution >= 4 is 5.91 Å². The molecule has 1 aromatic carbocycles. The van der Waals surface area contributed by atoms with Gasteiger partial charge in [0.1, 0.15) is 0 Å². The van der Waals surface area contributed by atoms with E-state index in [1.165, 1.54) is 0 Å². The van der Waals surface area contributed by atoms with Crippen molar-refractivity contribution in [1.29, 1.82) is 0 Å². The minimum Gasteiger partial charge on any atom is -0.350 e. The molecule has 0 radical (unpaired) electrons. The lowest BCUT2D eigenvalue weighted by Crippen LogP contribution is -2.27. The summed E-state index contributed by atoms with van der Waals surface area (Å²) in [5.41, 5.74) is 1.40. The lowest BCUT2D eigenvalue weighted by Gasteiger charge is -2.07. The minimum absolute atomic E-state index is 0.123. The Morgan fingerprint density at radius 2 is 2.26 bits per heavy atom. The molecule has 118 valence electrons. The highest BCUT2D eigenvalue weighted by molar-refractivity contribution is 5.95. The van der Waals surface area contributed by atoms with Gasteiger partial charge in [-0.2, -0.15) is 0 Å². The van der Waals surface area contributed by atoms with Gasteiger partial charge in [0.2, 0.25) is 0 Å². The van der Waals surface area contributed by atoms with Crippen LogP contribution in [0.2, 0.25) is 0 Å². The summed E-state index contributed by atoms with van der Waals surface area (Å²) >= 11 is 0. The molecule has 8 heteroatoms. The third kappa shape index (κ3) is 3.42. The summed E-state index contributed by atoms with van der Waals surface area (Å²) in [5, 5.41) is 14.5. The molecule has 0 atom stereocenters. The van der Waals surface area contributed by atoms with Crippen molar-refractivity contribution in [3.05, 3.63) is 48.5 Å². The van der Waals surface area contributed by atoms with Crippen molar-refractivity contribution in [3.8, 4) is 11.4 Å². The molecule has 0 saturated carbocycles. The maximum absolute atomic E-state index is 12.3. The van der Waals surface area contributed by atoms with E-state index in [1.54, 1.807) is 29.3 Å². The summed E-state index contributed by atoms with van der Waals surface area (Å²) in [6.45, 7) is 3.85.